The molecule has 2 unspecified atom stereocenters. The highest BCUT2D eigenvalue weighted by Gasteiger charge is 2.53. The number of anilines is 1. The number of halogens is 2. The van der Waals surface area contributed by atoms with Gasteiger partial charge in [0.25, 0.3) is 11.5 Å². The van der Waals surface area contributed by atoms with E-state index in [1.54, 1.807) is 37.9 Å². The van der Waals surface area contributed by atoms with Gasteiger partial charge in [-0.2, -0.15) is 5.10 Å². The van der Waals surface area contributed by atoms with Crippen molar-refractivity contribution in [2.75, 3.05) is 12.4 Å². The second kappa shape index (κ2) is 6.80. The summed E-state index contributed by atoms with van der Waals surface area (Å²) >= 11 is 5.63. The first-order chi connectivity index (χ1) is 15.1. The molecule has 164 valence electrons. The Bertz CT molecular complexity index is 1350. The number of H-pyrrole nitrogens is 1. The van der Waals surface area contributed by atoms with E-state index < -0.39 is 34.8 Å². The third-order valence-electron chi connectivity index (χ3n) is 6.37. The van der Waals surface area contributed by atoms with Gasteiger partial charge < -0.3 is 10.2 Å². The van der Waals surface area contributed by atoms with Crippen LogP contribution in [0.15, 0.2) is 41.2 Å². The summed E-state index contributed by atoms with van der Waals surface area (Å²) in [6.07, 6.45) is 0. The number of thiocarbonyl (C=S) groups is 1. The summed E-state index contributed by atoms with van der Waals surface area (Å²) < 4.78 is 28.0. The zero-order valence-electron chi connectivity index (χ0n) is 17.4. The molecule has 32 heavy (non-hydrogen) atoms. The van der Waals surface area contributed by atoms with Crippen LogP contribution in [0.25, 0.3) is 10.8 Å². The molecule has 2 aliphatic rings. The second-order valence-electron chi connectivity index (χ2n) is 8.51. The molecule has 1 fully saturated rings. The Morgan fingerprint density at radius 3 is 2.41 bits per heavy atom. The van der Waals surface area contributed by atoms with Crippen molar-refractivity contribution in [3.63, 3.8) is 0 Å². The van der Waals surface area contributed by atoms with Crippen LogP contribution < -0.4 is 10.9 Å². The highest BCUT2D eigenvalue weighted by Crippen LogP contribution is 2.47. The van der Waals surface area contributed by atoms with E-state index in [0.29, 0.717) is 27.4 Å². The fourth-order valence-corrected chi connectivity index (χ4v) is 4.82. The molecule has 0 spiro atoms. The Kier molecular flexibility index (Phi) is 4.35. The fourth-order valence-electron chi connectivity index (χ4n) is 4.40. The van der Waals surface area contributed by atoms with E-state index >= 15 is 0 Å². The van der Waals surface area contributed by atoms with Crippen LogP contribution in [-0.2, 0) is 4.79 Å². The van der Waals surface area contributed by atoms with Gasteiger partial charge in [-0.25, -0.2) is 13.9 Å². The van der Waals surface area contributed by atoms with Gasteiger partial charge in [-0.15, -0.1) is 0 Å². The van der Waals surface area contributed by atoms with Crippen LogP contribution >= 0.6 is 12.2 Å². The summed E-state index contributed by atoms with van der Waals surface area (Å²) in [6, 6.07) is 6.82. The topological polar surface area (TPSA) is 81.3 Å². The number of hydrogen-bond acceptors (Lipinski definition) is 5. The van der Waals surface area contributed by atoms with Crippen molar-refractivity contribution in [3.05, 3.63) is 69.6 Å². The zero-order valence-corrected chi connectivity index (χ0v) is 18.3. The molecule has 3 heterocycles. The molecule has 2 atom stereocenters. The lowest BCUT2D eigenvalue weighted by Gasteiger charge is -2.39. The third-order valence-corrected chi connectivity index (χ3v) is 6.84. The van der Waals surface area contributed by atoms with Gasteiger partial charge in [-0.1, -0.05) is 12.1 Å². The molecule has 10 heteroatoms. The normalized spacial score (nSPS) is 21.9. The van der Waals surface area contributed by atoms with Gasteiger partial charge >= 0.3 is 0 Å². The monoisotopic (exact) mass is 455 g/mol. The molecule has 1 amide bonds. The lowest BCUT2D eigenvalue weighted by atomic mass is 9.88. The number of aromatic nitrogens is 2. The lowest BCUT2D eigenvalue weighted by Crippen LogP contribution is -2.44. The first-order valence-electron chi connectivity index (χ1n) is 9.96. The molecule has 0 aliphatic carbocycles. The molecule has 2 aliphatic heterocycles. The molecular formula is C22H19F2N5O2S. The number of nitrogens with zero attached hydrogens (tertiary/aromatic N) is 3. The Hall–Kier alpha value is -3.40. The van der Waals surface area contributed by atoms with Crippen LogP contribution in [0.1, 0.15) is 37.2 Å². The number of likely N-dealkylation sites (N-methyl/N-ethyl adjacent to an activating group) is 1. The lowest BCUT2D eigenvalue weighted by molar-refractivity contribution is -0.133. The average molecular weight is 455 g/mol. The standard InChI is InChI=1S/C22H19F2N5O2S/c1-22(2)20(31)29(21(32)28(22)3)18-16(10-4-6-11(23)7-5-10)25-14-9-12(24)8-13-15(14)17(18)26-27-19(13)30/h4-9,16,18,25H,1-3H3,(H,27,30). The van der Waals surface area contributed by atoms with Gasteiger partial charge in [0.2, 0.25) is 0 Å². The largest absolute Gasteiger partial charge is 0.375 e. The van der Waals surface area contributed by atoms with Crippen molar-refractivity contribution >= 4 is 39.7 Å². The van der Waals surface area contributed by atoms with Gasteiger partial charge in [0, 0.05) is 18.1 Å². The number of rotatable bonds is 2. The zero-order chi connectivity index (χ0) is 22.9. The Morgan fingerprint density at radius 2 is 1.78 bits per heavy atom. The number of benzene rings is 2. The number of carbonyl (C=O) groups is 1. The molecule has 0 saturated carbocycles. The van der Waals surface area contributed by atoms with Crippen molar-refractivity contribution in [2.45, 2.75) is 31.5 Å². The minimum absolute atomic E-state index is 0.116. The van der Waals surface area contributed by atoms with E-state index in [0.717, 1.165) is 6.07 Å². The van der Waals surface area contributed by atoms with Crippen molar-refractivity contribution in [3.8, 4) is 0 Å². The van der Waals surface area contributed by atoms with Crippen molar-refractivity contribution in [2.24, 2.45) is 0 Å². The van der Waals surface area contributed by atoms with E-state index in [4.69, 9.17) is 12.2 Å². The van der Waals surface area contributed by atoms with Crippen molar-refractivity contribution in [1.82, 2.24) is 20.0 Å². The van der Waals surface area contributed by atoms with E-state index in [-0.39, 0.29) is 11.3 Å². The van der Waals surface area contributed by atoms with E-state index in [1.165, 1.54) is 23.1 Å². The van der Waals surface area contributed by atoms with Gasteiger partial charge in [0.05, 0.1) is 17.1 Å². The highest BCUT2D eigenvalue weighted by molar-refractivity contribution is 7.80. The predicted molar refractivity (Wildman–Crippen MR) is 119 cm³/mol. The Morgan fingerprint density at radius 1 is 1.09 bits per heavy atom. The average Bonchev–Trinajstić information content (AvgIpc) is 2.90. The first-order valence-corrected chi connectivity index (χ1v) is 10.4. The number of aromatic amines is 1. The van der Waals surface area contributed by atoms with Gasteiger partial charge in [0.1, 0.15) is 23.2 Å². The fraction of sp³-hybridized carbons (Fsp3) is 0.273. The van der Waals surface area contributed by atoms with Crippen molar-refractivity contribution in [1.29, 1.82) is 0 Å². The maximum Gasteiger partial charge on any atom is 0.272 e. The quantitative estimate of drug-likeness (QED) is 0.578. The smallest absolute Gasteiger partial charge is 0.272 e. The van der Waals surface area contributed by atoms with E-state index in [2.05, 4.69) is 15.5 Å². The second-order valence-corrected chi connectivity index (χ2v) is 8.87. The van der Waals surface area contributed by atoms with Crippen LogP contribution in [-0.4, -0.2) is 43.6 Å². The number of amides is 1. The van der Waals surface area contributed by atoms with E-state index in [9.17, 15) is 18.4 Å². The van der Waals surface area contributed by atoms with Crippen LogP contribution in [0.5, 0.6) is 0 Å². The van der Waals surface area contributed by atoms with Crippen LogP contribution in [0, 0.1) is 11.6 Å². The molecule has 1 aromatic heterocycles. The van der Waals surface area contributed by atoms with Crippen LogP contribution in [0.3, 0.4) is 0 Å². The third kappa shape index (κ3) is 2.75. The van der Waals surface area contributed by atoms with Gasteiger partial charge in [0.15, 0.2) is 5.11 Å². The first kappa shape index (κ1) is 20.5. The molecule has 5 rings (SSSR count). The molecule has 7 nitrogen and oxygen atoms in total. The summed E-state index contributed by atoms with van der Waals surface area (Å²) in [5, 5.41) is 10.8. The summed E-state index contributed by atoms with van der Waals surface area (Å²) in [5.74, 6) is -1.24. The van der Waals surface area contributed by atoms with Crippen LogP contribution in [0.2, 0.25) is 0 Å². The number of hydrogen-bond donors (Lipinski definition) is 2. The molecule has 2 N–H and O–H groups in total. The maximum absolute atomic E-state index is 14.3. The van der Waals surface area contributed by atoms with Crippen LogP contribution in [0.4, 0.5) is 14.5 Å². The summed E-state index contributed by atoms with van der Waals surface area (Å²) in [6.45, 7) is 3.54. The molecule has 1 saturated heterocycles. The van der Waals surface area contributed by atoms with Gasteiger partial charge in [-0.3, -0.25) is 14.5 Å². The van der Waals surface area contributed by atoms with Crippen molar-refractivity contribution < 1.29 is 13.6 Å². The molecule has 2 aromatic carbocycles. The SMILES string of the molecule is CN1C(=S)N(C2c3n[nH]c(=O)c4cc(F)cc(c34)NC2c2ccc(F)cc2)C(=O)C1(C)C. The summed E-state index contributed by atoms with van der Waals surface area (Å²) in [5.41, 5.74) is -0.0447. The Balaban J connectivity index is 1.80. The predicted octanol–water partition coefficient (Wildman–Crippen LogP) is 3.25. The minimum atomic E-state index is -0.894. The number of carbonyl (C=O) groups excluding carboxylic acids is 1. The summed E-state index contributed by atoms with van der Waals surface area (Å²) in [4.78, 5) is 29.1. The highest BCUT2D eigenvalue weighted by atomic mass is 32.1. The molecule has 0 bridgehead atoms. The number of nitrogens with one attached hydrogen (secondary N) is 2. The van der Waals surface area contributed by atoms with E-state index in [1.807, 2.05) is 0 Å². The molecular weight excluding hydrogens is 436 g/mol. The molecule has 3 aromatic rings. The molecule has 0 radical (unpaired) electrons. The minimum Gasteiger partial charge on any atom is -0.375 e. The van der Waals surface area contributed by atoms with Gasteiger partial charge in [-0.05, 0) is 55.9 Å². The maximum atomic E-state index is 14.3. The Labute approximate surface area is 187 Å². The summed E-state index contributed by atoms with van der Waals surface area (Å²) in [7, 11) is 1.74.